The third kappa shape index (κ3) is 2.07. The van der Waals surface area contributed by atoms with E-state index in [2.05, 4.69) is 0 Å². The summed E-state index contributed by atoms with van der Waals surface area (Å²) in [6.07, 6.45) is 2.76. The van der Waals surface area contributed by atoms with Gasteiger partial charge in [-0.1, -0.05) is 30.3 Å². The van der Waals surface area contributed by atoms with Crippen LogP contribution in [0.5, 0.6) is 0 Å². The number of carbonyl (C=O) groups excluding carboxylic acids is 1. The second-order valence-electron chi connectivity index (χ2n) is 5.40. The average Bonchev–Trinajstić information content (AvgIpc) is 2.91. The Labute approximate surface area is 122 Å². The van der Waals surface area contributed by atoms with Gasteiger partial charge in [-0.2, -0.15) is 0 Å². The summed E-state index contributed by atoms with van der Waals surface area (Å²) in [5.41, 5.74) is 2.36. The molecule has 1 unspecified atom stereocenters. The molecule has 0 N–H and O–H groups in total. The van der Waals surface area contributed by atoms with Crippen LogP contribution in [0.3, 0.4) is 0 Å². The number of esters is 1. The number of rotatable bonds is 1. The summed E-state index contributed by atoms with van der Waals surface area (Å²) in [4.78, 5) is 12.4. The van der Waals surface area contributed by atoms with Crippen LogP contribution < -0.4 is 0 Å². The normalized spacial score (nSPS) is 21.1. The fourth-order valence-corrected chi connectivity index (χ4v) is 3.17. The molecule has 0 spiro atoms. The Kier molecular flexibility index (Phi) is 3.04. The molecule has 1 aliphatic heterocycles. The summed E-state index contributed by atoms with van der Waals surface area (Å²) in [6, 6.07) is 9.71. The van der Waals surface area contributed by atoms with Gasteiger partial charge in [0.2, 0.25) is 0 Å². The van der Waals surface area contributed by atoms with E-state index in [1.165, 1.54) is 0 Å². The summed E-state index contributed by atoms with van der Waals surface area (Å²) >= 11 is 0. The molecule has 2 aliphatic rings. The van der Waals surface area contributed by atoms with Crippen molar-refractivity contribution in [2.75, 3.05) is 13.2 Å². The Morgan fingerprint density at radius 1 is 1.10 bits per heavy atom. The summed E-state index contributed by atoms with van der Waals surface area (Å²) in [5, 5.41) is 0. The number of cyclic esters (lactones) is 1. The largest absolute Gasteiger partial charge is 0.460 e. The second kappa shape index (κ2) is 5.04. The smallest absolute Gasteiger partial charge is 0.342 e. The van der Waals surface area contributed by atoms with Crippen molar-refractivity contribution in [2.24, 2.45) is 0 Å². The lowest BCUT2D eigenvalue weighted by atomic mass is 9.91. The first-order valence-corrected chi connectivity index (χ1v) is 7.34. The second-order valence-corrected chi connectivity index (χ2v) is 5.40. The van der Waals surface area contributed by atoms with Crippen LogP contribution in [0.2, 0.25) is 0 Å². The fraction of sp³-hybridized carbons (Fsp3) is 0.353. The highest BCUT2D eigenvalue weighted by molar-refractivity contribution is 5.98. The van der Waals surface area contributed by atoms with E-state index in [9.17, 15) is 4.79 Å². The molecule has 0 radical (unpaired) electrons. The number of hydrogen-bond acceptors (Lipinski definition) is 4. The minimum absolute atomic E-state index is 0.0437. The summed E-state index contributed by atoms with van der Waals surface area (Å²) in [5.74, 6) is 1.19. The third-order valence-electron chi connectivity index (χ3n) is 4.09. The van der Waals surface area contributed by atoms with Gasteiger partial charge in [0.1, 0.15) is 23.7 Å². The highest BCUT2D eigenvalue weighted by atomic mass is 16.6. The maximum absolute atomic E-state index is 12.4. The standard InChI is InChI=1S/C17H16O4/c18-17-15-14-12(19-9-10-20-17)7-4-8-13(14)21-16(15)11-5-2-1-3-6-11/h1-3,5-6,12H,4,7-10H2. The summed E-state index contributed by atoms with van der Waals surface area (Å²) in [6.45, 7) is 0.741. The van der Waals surface area contributed by atoms with E-state index < -0.39 is 0 Å². The van der Waals surface area contributed by atoms with Gasteiger partial charge < -0.3 is 13.9 Å². The quantitative estimate of drug-likeness (QED) is 0.752. The maximum atomic E-state index is 12.4. The summed E-state index contributed by atoms with van der Waals surface area (Å²) in [7, 11) is 0. The van der Waals surface area contributed by atoms with Crippen LogP contribution in [0.1, 0.15) is 40.6 Å². The molecule has 2 aromatic rings. The molecular weight excluding hydrogens is 268 g/mol. The minimum atomic E-state index is -0.297. The van der Waals surface area contributed by atoms with Crippen LogP contribution in [-0.2, 0) is 15.9 Å². The Hall–Kier alpha value is -2.07. The monoisotopic (exact) mass is 284 g/mol. The third-order valence-corrected chi connectivity index (χ3v) is 4.09. The zero-order valence-electron chi connectivity index (χ0n) is 11.6. The van der Waals surface area contributed by atoms with Crippen LogP contribution in [-0.4, -0.2) is 19.2 Å². The molecule has 1 aliphatic carbocycles. The predicted octanol–water partition coefficient (Wildman–Crippen LogP) is 3.51. The molecular formula is C17H16O4. The zero-order valence-corrected chi connectivity index (χ0v) is 11.6. The lowest BCUT2D eigenvalue weighted by Crippen LogP contribution is -2.22. The van der Waals surface area contributed by atoms with E-state index >= 15 is 0 Å². The van der Waals surface area contributed by atoms with Gasteiger partial charge in [-0.15, -0.1) is 0 Å². The number of carbonyl (C=O) groups is 1. The van der Waals surface area contributed by atoms with E-state index in [1.54, 1.807) is 0 Å². The molecule has 21 heavy (non-hydrogen) atoms. The molecule has 0 amide bonds. The first-order valence-electron chi connectivity index (χ1n) is 7.34. The number of furan rings is 1. The molecule has 1 atom stereocenters. The van der Waals surface area contributed by atoms with Crippen LogP contribution in [0.25, 0.3) is 11.3 Å². The highest BCUT2D eigenvalue weighted by Gasteiger charge is 2.35. The van der Waals surface area contributed by atoms with Crippen molar-refractivity contribution in [2.45, 2.75) is 25.4 Å². The predicted molar refractivity (Wildman–Crippen MR) is 76.1 cm³/mol. The number of hydrogen-bond donors (Lipinski definition) is 0. The molecule has 108 valence electrons. The zero-order chi connectivity index (χ0) is 14.2. The lowest BCUT2D eigenvalue weighted by molar-refractivity contribution is -0.00708. The Morgan fingerprint density at radius 2 is 1.95 bits per heavy atom. The SMILES string of the molecule is O=C1OCCOC2CCCc3oc(-c4ccccc4)c1c32. The molecule has 0 bridgehead atoms. The Balaban J connectivity index is 1.94. The van der Waals surface area contributed by atoms with Crippen LogP contribution in [0.15, 0.2) is 34.7 Å². The van der Waals surface area contributed by atoms with Crippen molar-refractivity contribution in [3.63, 3.8) is 0 Å². The van der Waals surface area contributed by atoms with Gasteiger partial charge >= 0.3 is 5.97 Å². The van der Waals surface area contributed by atoms with E-state index in [1.807, 2.05) is 30.3 Å². The number of benzene rings is 1. The van der Waals surface area contributed by atoms with Crippen molar-refractivity contribution < 1.29 is 18.7 Å². The molecule has 0 saturated carbocycles. The van der Waals surface area contributed by atoms with Crippen molar-refractivity contribution in [3.8, 4) is 11.3 Å². The molecule has 0 fully saturated rings. The van der Waals surface area contributed by atoms with Crippen LogP contribution in [0.4, 0.5) is 0 Å². The molecule has 1 aromatic heterocycles. The van der Waals surface area contributed by atoms with Gasteiger partial charge in [0.25, 0.3) is 0 Å². The first-order chi connectivity index (χ1) is 10.3. The van der Waals surface area contributed by atoms with E-state index in [0.717, 1.165) is 36.1 Å². The van der Waals surface area contributed by atoms with Crippen LogP contribution in [0, 0.1) is 0 Å². The number of ether oxygens (including phenoxy) is 2. The van der Waals surface area contributed by atoms with Gasteiger partial charge in [-0.3, -0.25) is 0 Å². The highest BCUT2D eigenvalue weighted by Crippen LogP contribution is 2.42. The molecule has 4 heteroatoms. The van der Waals surface area contributed by atoms with Gasteiger partial charge in [0, 0.05) is 17.5 Å². The molecule has 1 aromatic carbocycles. The van der Waals surface area contributed by atoms with E-state index in [4.69, 9.17) is 13.9 Å². The van der Waals surface area contributed by atoms with Crippen molar-refractivity contribution in [1.82, 2.24) is 0 Å². The topological polar surface area (TPSA) is 48.7 Å². The van der Waals surface area contributed by atoms with Gasteiger partial charge in [-0.25, -0.2) is 4.79 Å². The molecule has 2 heterocycles. The summed E-state index contributed by atoms with van der Waals surface area (Å²) < 4.78 is 17.2. The Bertz CT molecular complexity index is 672. The Morgan fingerprint density at radius 3 is 2.81 bits per heavy atom. The number of aryl methyl sites for hydroxylation is 1. The van der Waals surface area contributed by atoms with Gasteiger partial charge in [0.15, 0.2) is 0 Å². The van der Waals surface area contributed by atoms with E-state index in [0.29, 0.717) is 24.5 Å². The fourth-order valence-electron chi connectivity index (χ4n) is 3.17. The van der Waals surface area contributed by atoms with Crippen LogP contribution >= 0.6 is 0 Å². The molecule has 4 rings (SSSR count). The average molecular weight is 284 g/mol. The van der Waals surface area contributed by atoms with E-state index in [-0.39, 0.29) is 12.1 Å². The van der Waals surface area contributed by atoms with Crippen molar-refractivity contribution in [1.29, 1.82) is 0 Å². The molecule has 0 saturated heterocycles. The minimum Gasteiger partial charge on any atom is -0.460 e. The lowest BCUT2D eigenvalue weighted by Gasteiger charge is -2.24. The maximum Gasteiger partial charge on any atom is 0.342 e. The van der Waals surface area contributed by atoms with Gasteiger partial charge in [0.05, 0.1) is 12.7 Å². The van der Waals surface area contributed by atoms with Crippen molar-refractivity contribution in [3.05, 3.63) is 47.2 Å². The first kappa shape index (κ1) is 12.7. The van der Waals surface area contributed by atoms with Crippen molar-refractivity contribution >= 4 is 5.97 Å². The van der Waals surface area contributed by atoms with Gasteiger partial charge in [-0.05, 0) is 12.8 Å². The molecule has 4 nitrogen and oxygen atoms in total.